The van der Waals surface area contributed by atoms with Gasteiger partial charge in [0, 0.05) is 24.6 Å². The van der Waals surface area contributed by atoms with Crippen LogP contribution >= 0.6 is 0 Å². The van der Waals surface area contributed by atoms with E-state index in [1.54, 1.807) is 7.11 Å². The van der Waals surface area contributed by atoms with E-state index in [2.05, 4.69) is 37.6 Å². The van der Waals surface area contributed by atoms with Crippen LogP contribution in [0.4, 0.5) is 0 Å². The highest BCUT2D eigenvalue weighted by atomic mass is 16.5. The Morgan fingerprint density at radius 1 is 1.37 bits per heavy atom. The van der Waals surface area contributed by atoms with E-state index < -0.39 is 0 Å². The monoisotopic (exact) mass is 261 g/mol. The van der Waals surface area contributed by atoms with Crippen molar-refractivity contribution in [2.45, 2.75) is 32.9 Å². The highest BCUT2D eigenvalue weighted by molar-refractivity contribution is 5.45. The summed E-state index contributed by atoms with van der Waals surface area (Å²) in [6.07, 6.45) is 0.505. The Hall–Kier alpha value is -1.50. The molecule has 104 valence electrons. The number of ether oxygens (including phenoxy) is 1. The minimum Gasteiger partial charge on any atom is -0.497 e. The van der Waals surface area contributed by atoms with E-state index in [1.165, 1.54) is 0 Å². The highest BCUT2D eigenvalue weighted by Crippen LogP contribution is 2.19. The summed E-state index contributed by atoms with van der Waals surface area (Å²) < 4.78 is 5.27. The van der Waals surface area contributed by atoms with Gasteiger partial charge in [0.15, 0.2) is 0 Å². The van der Waals surface area contributed by atoms with Gasteiger partial charge in [0.05, 0.1) is 13.7 Å². The van der Waals surface area contributed by atoms with E-state index in [9.17, 15) is 0 Å². The van der Waals surface area contributed by atoms with Crippen molar-refractivity contribution in [1.82, 2.24) is 4.90 Å². The van der Waals surface area contributed by atoms with Crippen molar-refractivity contribution in [2.24, 2.45) is 0 Å². The van der Waals surface area contributed by atoms with Gasteiger partial charge in [-0.3, -0.25) is 4.90 Å². The van der Waals surface area contributed by atoms with Gasteiger partial charge in [-0.15, -0.1) is 0 Å². The Kier molecular flexibility index (Phi) is 6.41. The normalized spacial score (nSPS) is 10.5. The summed E-state index contributed by atoms with van der Waals surface area (Å²) in [4.78, 5) is 2.26. The standard InChI is InChI=1S/C16H23NO2/c1-13(2)17(3)12-15-11-16(19-4)9-8-14(15)7-5-6-10-18/h8-9,11,13,18H,6,10,12H2,1-4H3. The summed E-state index contributed by atoms with van der Waals surface area (Å²) >= 11 is 0. The number of rotatable bonds is 5. The molecule has 1 aromatic carbocycles. The molecule has 0 unspecified atom stereocenters. The number of aliphatic hydroxyl groups is 1. The van der Waals surface area contributed by atoms with Crippen LogP contribution in [-0.2, 0) is 6.54 Å². The Bertz CT molecular complexity index is 458. The molecule has 19 heavy (non-hydrogen) atoms. The third-order valence-corrected chi connectivity index (χ3v) is 3.07. The molecular formula is C16H23NO2. The molecule has 1 aromatic rings. The van der Waals surface area contributed by atoms with E-state index >= 15 is 0 Å². The minimum absolute atomic E-state index is 0.102. The molecule has 1 N–H and O–H groups in total. The van der Waals surface area contributed by atoms with Crippen molar-refractivity contribution in [3.8, 4) is 17.6 Å². The zero-order valence-electron chi connectivity index (χ0n) is 12.2. The molecule has 1 rings (SSSR count). The first-order valence-corrected chi connectivity index (χ1v) is 6.55. The van der Waals surface area contributed by atoms with E-state index in [0.717, 1.165) is 23.4 Å². The van der Waals surface area contributed by atoms with Crippen LogP contribution < -0.4 is 4.74 Å². The number of nitrogens with zero attached hydrogens (tertiary/aromatic N) is 1. The van der Waals surface area contributed by atoms with Crippen molar-refractivity contribution >= 4 is 0 Å². The van der Waals surface area contributed by atoms with Crippen molar-refractivity contribution in [3.63, 3.8) is 0 Å². The predicted octanol–water partition coefficient (Wildman–Crippen LogP) is 2.27. The zero-order chi connectivity index (χ0) is 14.3. The number of hydrogen-bond acceptors (Lipinski definition) is 3. The van der Waals surface area contributed by atoms with Gasteiger partial charge in [-0.1, -0.05) is 11.8 Å². The van der Waals surface area contributed by atoms with Gasteiger partial charge in [-0.2, -0.15) is 0 Å². The quantitative estimate of drug-likeness (QED) is 0.825. The number of aliphatic hydroxyl groups excluding tert-OH is 1. The molecule has 0 saturated heterocycles. The van der Waals surface area contributed by atoms with E-state index in [0.29, 0.717) is 12.5 Å². The van der Waals surface area contributed by atoms with Gasteiger partial charge < -0.3 is 9.84 Å². The van der Waals surface area contributed by atoms with Crippen molar-refractivity contribution < 1.29 is 9.84 Å². The fraction of sp³-hybridized carbons (Fsp3) is 0.500. The summed E-state index contributed by atoms with van der Waals surface area (Å²) in [7, 11) is 3.76. The summed E-state index contributed by atoms with van der Waals surface area (Å²) in [5, 5.41) is 8.78. The Balaban J connectivity index is 2.99. The lowest BCUT2D eigenvalue weighted by atomic mass is 10.1. The van der Waals surface area contributed by atoms with Crippen molar-refractivity contribution in [1.29, 1.82) is 0 Å². The molecule has 0 bridgehead atoms. The predicted molar refractivity (Wildman–Crippen MR) is 78.2 cm³/mol. The number of hydrogen-bond donors (Lipinski definition) is 1. The average molecular weight is 261 g/mol. The molecule has 0 aliphatic carbocycles. The summed E-state index contributed by atoms with van der Waals surface area (Å²) in [5.74, 6) is 6.94. The average Bonchev–Trinajstić information content (AvgIpc) is 2.40. The van der Waals surface area contributed by atoms with Gasteiger partial charge in [0.25, 0.3) is 0 Å². The molecule has 0 atom stereocenters. The van der Waals surface area contributed by atoms with Crippen LogP contribution in [0.5, 0.6) is 5.75 Å². The topological polar surface area (TPSA) is 32.7 Å². The number of methoxy groups -OCH3 is 1. The number of benzene rings is 1. The molecule has 0 fully saturated rings. The van der Waals surface area contributed by atoms with Crippen LogP contribution in [0, 0.1) is 11.8 Å². The fourth-order valence-electron chi connectivity index (χ4n) is 1.61. The first-order valence-electron chi connectivity index (χ1n) is 6.55. The lowest BCUT2D eigenvalue weighted by Crippen LogP contribution is -2.26. The molecule has 0 aromatic heterocycles. The van der Waals surface area contributed by atoms with Crippen molar-refractivity contribution in [3.05, 3.63) is 29.3 Å². The maximum Gasteiger partial charge on any atom is 0.119 e. The van der Waals surface area contributed by atoms with Gasteiger partial charge in [-0.05, 0) is 44.7 Å². The molecule has 3 heteroatoms. The minimum atomic E-state index is 0.102. The first-order chi connectivity index (χ1) is 9.08. The van der Waals surface area contributed by atoms with Gasteiger partial charge in [0.2, 0.25) is 0 Å². The second-order valence-electron chi connectivity index (χ2n) is 4.81. The molecule has 0 saturated carbocycles. The Labute approximate surface area is 116 Å². The van der Waals surface area contributed by atoms with Gasteiger partial charge >= 0.3 is 0 Å². The first kappa shape index (κ1) is 15.6. The zero-order valence-corrected chi connectivity index (χ0v) is 12.2. The molecule has 0 spiro atoms. The van der Waals surface area contributed by atoms with Crippen LogP contribution in [0.15, 0.2) is 18.2 Å². The fourth-order valence-corrected chi connectivity index (χ4v) is 1.61. The molecule has 3 nitrogen and oxygen atoms in total. The molecule has 0 heterocycles. The third kappa shape index (κ3) is 4.94. The van der Waals surface area contributed by atoms with Crippen LogP contribution in [-0.4, -0.2) is 36.8 Å². The SMILES string of the molecule is COc1ccc(C#CCCO)c(CN(C)C(C)C)c1. The van der Waals surface area contributed by atoms with Crippen LogP contribution in [0.25, 0.3) is 0 Å². The van der Waals surface area contributed by atoms with E-state index in [-0.39, 0.29) is 6.61 Å². The third-order valence-electron chi connectivity index (χ3n) is 3.07. The molecular weight excluding hydrogens is 238 g/mol. The second-order valence-corrected chi connectivity index (χ2v) is 4.81. The van der Waals surface area contributed by atoms with Gasteiger partial charge in [0.1, 0.15) is 5.75 Å². The summed E-state index contributed by atoms with van der Waals surface area (Å²) in [6, 6.07) is 6.40. The van der Waals surface area contributed by atoms with Gasteiger partial charge in [-0.25, -0.2) is 0 Å². The van der Waals surface area contributed by atoms with Crippen LogP contribution in [0.1, 0.15) is 31.4 Å². The molecule has 0 aliphatic heterocycles. The maximum absolute atomic E-state index is 8.78. The molecule has 0 amide bonds. The maximum atomic E-state index is 8.78. The lowest BCUT2D eigenvalue weighted by Gasteiger charge is -2.22. The van der Waals surface area contributed by atoms with Crippen LogP contribution in [0.3, 0.4) is 0 Å². The van der Waals surface area contributed by atoms with Crippen molar-refractivity contribution in [2.75, 3.05) is 20.8 Å². The second kappa shape index (κ2) is 7.83. The highest BCUT2D eigenvalue weighted by Gasteiger charge is 2.08. The Morgan fingerprint density at radius 2 is 2.11 bits per heavy atom. The summed E-state index contributed by atoms with van der Waals surface area (Å²) in [5.41, 5.74) is 2.16. The largest absolute Gasteiger partial charge is 0.497 e. The van der Waals surface area contributed by atoms with E-state index in [1.807, 2.05) is 18.2 Å². The molecule has 0 aliphatic rings. The van der Waals surface area contributed by atoms with E-state index in [4.69, 9.17) is 9.84 Å². The Morgan fingerprint density at radius 3 is 2.68 bits per heavy atom. The molecule has 0 radical (unpaired) electrons. The van der Waals surface area contributed by atoms with Crippen LogP contribution in [0.2, 0.25) is 0 Å². The summed E-state index contributed by atoms with van der Waals surface area (Å²) in [6.45, 7) is 5.26. The lowest BCUT2D eigenvalue weighted by molar-refractivity contribution is 0.265. The smallest absolute Gasteiger partial charge is 0.119 e.